The number of benzene rings is 2. The minimum atomic E-state index is -0.765. The SMILES string of the molecule is COC(=O)c1cc(C(=O)Nc2cc(-c3nnc4n3CCCCC4)ccc2C)cc([N+](=O)[O-])c1. The van der Waals surface area contributed by atoms with Crippen LogP contribution < -0.4 is 5.32 Å². The van der Waals surface area contributed by atoms with Crippen LogP contribution in [0.1, 0.15) is 51.4 Å². The standard InChI is InChI=1S/C23H23N5O5/c1-14-7-8-15(21-26-25-20-6-4-3-5-9-27(20)21)13-19(14)24-22(29)16-10-17(23(30)33-2)12-18(11-16)28(31)32/h7-8,10-13H,3-6,9H2,1-2H3,(H,24,29). The summed E-state index contributed by atoms with van der Waals surface area (Å²) in [5.74, 6) is 0.355. The predicted molar refractivity (Wildman–Crippen MR) is 120 cm³/mol. The first-order valence-electron chi connectivity index (χ1n) is 10.6. The van der Waals surface area contributed by atoms with Crippen LogP contribution in [0.2, 0.25) is 0 Å². The Morgan fingerprint density at radius 2 is 1.88 bits per heavy atom. The molecule has 0 unspecified atom stereocenters. The third-order valence-electron chi connectivity index (χ3n) is 5.67. The molecule has 4 rings (SSSR count). The number of ether oxygens (including phenoxy) is 1. The summed E-state index contributed by atoms with van der Waals surface area (Å²) >= 11 is 0. The van der Waals surface area contributed by atoms with Crippen molar-refractivity contribution in [3.8, 4) is 11.4 Å². The van der Waals surface area contributed by atoms with E-state index in [-0.39, 0.29) is 16.8 Å². The van der Waals surface area contributed by atoms with E-state index in [1.54, 1.807) is 0 Å². The molecular formula is C23H23N5O5. The van der Waals surface area contributed by atoms with Gasteiger partial charge >= 0.3 is 5.97 Å². The topological polar surface area (TPSA) is 129 Å². The highest BCUT2D eigenvalue weighted by Gasteiger charge is 2.20. The lowest BCUT2D eigenvalue weighted by Gasteiger charge is -2.12. The number of carbonyl (C=O) groups excluding carboxylic acids is 2. The van der Waals surface area contributed by atoms with Crippen LogP contribution in [0.3, 0.4) is 0 Å². The molecule has 0 saturated carbocycles. The summed E-state index contributed by atoms with van der Waals surface area (Å²) in [7, 11) is 1.17. The van der Waals surface area contributed by atoms with Gasteiger partial charge in [-0.2, -0.15) is 0 Å². The molecule has 0 aliphatic carbocycles. The number of nitrogens with zero attached hydrogens (tertiary/aromatic N) is 4. The smallest absolute Gasteiger partial charge is 0.338 e. The first-order valence-corrected chi connectivity index (χ1v) is 10.6. The number of non-ortho nitro benzene ring substituents is 1. The molecular weight excluding hydrogens is 426 g/mol. The molecule has 0 atom stereocenters. The Hall–Kier alpha value is -4.08. The molecule has 1 aromatic heterocycles. The molecule has 1 aliphatic rings. The Bertz CT molecular complexity index is 1250. The number of fused-ring (bicyclic) bond motifs is 1. The van der Waals surface area contributed by atoms with Crippen LogP contribution >= 0.6 is 0 Å². The third-order valence-corrected chi connectivity index (χ3v) is 5.67. The summed E-state index contributed by atoms with van der Waals surface area (Å²) in [5.41, 5.74) is 1.68. The molecule has 2 aromatic carbocycles. The van der Waals surface area contributed by atoms with Crippen molar-refractivity contribution >= 4 is 23.3 Å². The summed E-state index contributed by atoms with van der Waals surface area (Å²) < 4.78 is 6.76. The molecule has 1 aliphatic heterocycles. The summed E-state index contributed by atoms with van der Waals surface area (Å²) in [6, 6.07) is 9.08. The van der Waals surface area contributed by atoms with Crippen LogP contribution in [0.25, 0.3) is 11.4 Å². The highest BCUT2D eigenvalue weighted by Crippen LogP contribution is 2.28. The maximum absolute atomic E-state index is 13.0. The van der Waals surface area contributed by atoms with Crippen LogP contribution in [0.5, 0.6) is 0 Å². The zero-order chi connectivity index (χ0) is 23.5. The van der Waals surface area contributed by atoms with E-state index >= 15 is 0 Å². The molecule has 33 heavy (non-hydrogen) atoms. The third kappa shape index (κ3) is 4.59. The lowest BCUT2D eigenvalue weighted by Crippen LogP contribution is -2.15. The summed E-state index contributed by atoms with van der Waals surface area (Å²) in [5, 5.41) is 22.8. The number of esters is 1. The van der Waals surface area contributed by atoms with E-state index < -0.39 is 16.8 Å². The fourth-order valence-electron chi connectivity index (χ4n) is 3.87. The second-order valence-corrected chi connectivity index (χ2v) is 7.90. The normalized spacial score (nSPS) is 13.0. The van der Waals surface area contributed by atoms with Gasteiger partial charge in [-0.1, -0.05) is 18.6 Å². The number of carbonyl (C=O) groups is 2. The molecule has 0 radical (unpaired) electrons. The van der Waals surface area contributed by atoms with E-state index in [2.05, 4.69) is 24.8 Å². The number of amides is 1. The van der Waals surface area contributed by atoms with E-state index in [0.717, 1.165) is 67.1 Å². The van der Waals surface area contributed by atoms with Crippen molar-refractivity contribution in [2.75, 3.05) is 12.4 Å². The molecule has 10 heteroatoms. The van der Waals surface area contributed by atoms with Crippen molar-refractivity contribution in [2.45, 2.75) is 39.2 Å². The molecule has 1 N–H and O–H groups in total. The average molecular weight is 449 g/mol. The van der Waals surface area contributed by atoms with Gasteiger partial charge in [-0.05, 0) is 37.5 Å². The average Bonchev–Trinajstić information content (AvgIpc) is 3.07. The Balaban J connectivity index is 1.66. The molecule has 0 fully saturated rings. The largest absolute Gasteiger partial charge is 0.465 e. The number of nitro groups is 1. The number of methoxy groups -OCH3 is 1. The van der Waals surface area contributed by atoms with E-state index in [4.69, 9.17) is 0 Å². The highest BCUT2D eigenvalue weighted by atomic mass is 16.6. The summed E-state index contributed by atoms with van der Waals surface area (Å²) in [6.45, 7) is 2.69. The van der Waals surface area contributed by atoms with Crippen LogP contribution in [0.15, 0.2) is 36.4 Å². The minimum Gasteiger partial charge on any atom is -0.465 e. The monoisotopic (exact) mass is 449 g/mol. The van der Waals surface area contributed by atoms with Gasteiger partial charge in [-0.25, -0.2) is 4.79 Å². The number of hydrogen-bond donors (Lipinski definition) is 1. The second-order valence-electron chi connectivity index (χ2n) is 7.90. The zero-order valence-electron chi connectivity index (χ0n) is 18.3. The number of anilines is 1. The van der Waals surface area contributed by atoms with E-state index in [1.807, 2.05) is 25.1 Å². The Morgan fingerprint density at radius 1 is 1.09 bits per heavy atom. The van der Waals surface area contributed by atoms with Crippen molar-refractivity contribution in [1.82, 2.24) is 14.8 Å². The lowest BCUT2D eigenvalue weighted by molar-refractivity contribution is -0.384. The van der Waals surface area contributed by atoms with Crippen molar-refractivity contribution in [3.63, 3.8) is 0 Å². The number of nitrogens with one attached hydrogen (secondary N) is 1. The maximum Gasteiger partial charge on any atom is 0.338 e. The molecule has 0 bridgehead atoms. The number of nitro benzene ring substituents is 1. The summed E-state index contributed by atoms with van der Waals surface area (Å²) in [6.07, 6.45) is 4.18. The lowest BCUT2D eigenvalue weighted by atomic mass is 10.1. The van der Waals surface area contributed by atoms with Crippen molar-refractivity contribution in [1.29, 1.82) is 0 Å². The highest BCUT2D eigenvalue weighted by molar-refractivity contribution is 6.06. The quantitative estimate of drug-likeness (QED) is 0.355. The number of aromatic nitrogens is 3. The fourth-order valence-corrected chi connectivity index (χ4v) is 3.87. The Kier molecular flexibility index (Phi) is 6.16. The van der Waals surface area contributed by atoms with Gasteiger partial charge in [0.05, 0.1) is 17.6 Å². The van der Waals surface area contributed by atoms with Gasteiger partial charge in [-0.3, -0.25) is 14.9 Å². The Morgan fingerprint density at radius 3 is 2.64 bits per heavy atom. The van der Waals surface area contributed by atoms with Crippen LogP contribution in [0, 0.1) is 17.0 Å². The van der Waals surface area contributed by atoms with Crippen LogP contribution in [-0.4, -0.2) is 38.7 Å². The van der Waals surface area contributed by atoms with Crippen molar-refractivity contribution in [3.05, 3.63) is 69.0 Å². The van der Waals surface area contributed by atoms with Crippen LogP contribution in [-0.2, 0) is 17.7 Å². The Labute approximate surface area is 189 Å². The second kappa shape index (κ2) is 9.19. The fraction of sp³-hybridized carbons (Fsp3) is 0.304. The van der Waals surface area contributed by atoms with E-state index in [1.165, 1.54) is 13.2 Å². The van der Waals surface area contributed by atoms with E-state index in [9.17, 15) is 19.7 Å². The zero-order valence-corrected chi connectivity index (χ0v) is 18.3. The van der Waals surface area contributed by atoms with Crippen molar-refractivity contribution < 1.29 is 19.2 Å². The van der Waals surface area contributed by atoms with Gasteiger partial charge < -0.3 is 14.6 Å². The minimum absolute atomic E-state index is 0.0225. The van der Waals surface area contributed by atoms with Gasteiger partial charge in [0.2, 0.25) is 0 Å². The maximum atomic E-state index is 13.0. The van der Waals surface area contributed by atoms with Gasteiger partial charge in [0.15, 0.2) is 5.82 Å². The van der Waals surface area contributed by atoms with E-state index in [0.29, 0.717) is 5.69 Å². The van der Waals surface area contributed by atoms with Gasteiger partial charge in [0, 0.05) is 41.9 Å². The van der Waals surface area contributed by atoms with Crippen LogP contribution in [0.4, 0.5) is 11.4 Å². The van der Waals surface area contributed by atoms with Gasteiger partial charge in [-0.15, -0.1) is 10.2 Å². The number of rotatable bonds is 5. The number of aryl methyl sites for hydroxylation is 2. The molecule has 0 spiro atoms. The molecule has 170 valence electrons. The molecule has 10 nitrogen and oxygen atoms in total. The van der Waals surface area contributed by atoms with Gasteiger partial charge in [0.1, 0.15) is 5.82 Å². The van der Waals surface area contributed by atoms with Crippen molar-refractivity contribution in [2.24, 2.45) is 0 Å². The molecule has 0 saturated heterocycles. The predicted octanol–water partition coefficient (Wildman–Crippen LogP) is 3.93. The molecule has 3 aromatic rings. The molecule has 2 heterocycles. The first kappa shape index (κ1) is 22.1. The first-order chi connectivity index (χ1) is 15.9. The molecule has 1 amide bonds. The van der Waals surface area contributed by atoms with Gasteiger partial charge in [0.25, 0.3) is 11.6 Å². The summed E-state index contributed by atoms with van der Waals surface area (Å²) in [4.78, 5) is 35.5. The number of hydrogen-bond acceptors (Lipinski definition) is 7.